The fourth-order valence-corrected chi connectivity index (χ4v) is 1.46. The molecule has 0 bridgehead atoms. The fraction of sp³-hybridized carbons (Fsp3) is 0.200. The zero-order valence-electron chi connectivity index (χ0n) is 10.0. The number of nitrogens with zero attached hydrogens (tertiary/aromatic N) is 4. The van der Waals surface area contributed by atoms with Gasteiger partial charge in [-0.3, -0.25) is 0 Å². The van der Waals surface area contributed by atoms with E-state index in [9.17, 15) is 18.0 Å². The van der Waals surface area contributed by atoms with Gasteiger partial charge in [0.25, 0.3) is 0 Å². The minimum atomic E-state index is -4.72. The zero-order chi connectivity index (χ0) is 14.9. The van der Waals surface area contributed by atoms with E-state index in [1.807, 2.05) is 0 Å². The number of carboxylic acid groups (broad SMARTS) is 1. The van der Waals surface area contributed by atoms with Crippen LogP contribution in [0.4, 0.5) is 19.1 Å². The van der Waals surface area contributed by atoms with Crippen molar-refractivity contribution >= 4 is 23.6 Å². The molecule has 2 rings (SSSR count). The lowest BCUT2D eigenvalue weighted by atomic mass is 10.3. The Morgan fingerprint density at radius 2 is 2.15 bits per heavy atom. The van der Waals surface area contributed by atoms with E-state index < -0.39 is 18.0 Å². The van der Waals surface area contributed by atoms with Crippen LogP contribution in [0.5, 0.6) is 0 Å². The standard InChI is InChI=1S/C10H8F3N5O2/c1-14-9-17-8(10(11,12)13)16-7-5(2-3-6(19)20)4-15-18(7)9/h2-4H,1H3,(H,19,20)(H,14,16,17)/b3-2+. The summed E-state index contributed by atoms with van der Waals surface area (Å²) in [7, 11) is 1.39. The smallest absolute Gasteiger partial charge is 0.451 e. The zero-order valence-corrected chi connectivity index (χ0v) is 10.0. The summed E-state index contributed by atoms with van der Waals surface area (Å²) in [6.07, 6.45) is -1.63. The number of carboxylic acids is 1. The highest BCUT2D eigenvalue weighted by Gasteiger charge is 2.36. The van der Waals surface area contributed by atoms with Crippen molar-refractivity contribution in [1.29, 1.82) is 0 Å². The van der Waals surface area contributed by atoms with Crippen LogP contribution in [0.15, 0.2) is 12.3 Å². The molecule has 0 aliphatic heterocycles. The van der Waals surface area contributed by atoms with Crippen LogP contribution in [0.2, 0.25) is 0 Å². The van der Waals surface area contributed by atoms with Gasteiger partial charge in [-0.05, 0) is 6.08 Å². The summed E-state index contributed by atoms with van der Waals surface area (Å²) in [5.74, 6) is -2.72. The molecule has 0 aliphatic carbocycles. The van der Waals surface area contributed by atoms with Gasteiger partial charge in [0.1, 0.15) is 0 Å². The van der Waals surface area contributed by atoms with Crippen molar-refractivity contribution in [3.8, 4) is 0 Å². The minimum absolute atomic E-state index is 0.136. The highest BCUT2D eigenvalue weighted by atomic mass is 19.4. The number of alkyl halides is 3. The van der Waals surface area contributed by atoms with Crippen molar-refractivity contribution in [2.75, 3.05) is 12.4 Å². The molecule has 0 saturated carbocycles. The number of hydrogen-bond donors (Lipinski definition) is 2. The maximum Gasteiger partial charge on any atom is 0.451 e. The fourth-order valence-electron chi connectivity index (χ4n) is 1.46. The second kappa shape index (κ2) is 4.79. The van der Waals surface area contributed by atoms with Crippen molar-refractivity contribution in [2.45, 2.75) is 6.18 Å². The van der Waals surface area contributed by atoms with E-state index in [1.54, 1.807) is 0 Å². The maximum absolute atomic E-state index is 12.7. The number of fused-ring (bicyclic) bond motifs is 1. The minimum Gasteiger partial charge on any atom is -0.478 e. The molecule has 2 heterocycles. The highest BCUT2D eigenvalue weighted by Crippen LogP contribution is 2.28. The van der Waals surface area contributed by atoms with Crippen LogP contribution < -0.4 is 5.32 Å². The van der Waals surface area contributed by atoms with Crippen molar-refractivity contribution < 1.29 is 23.1 Å². The molecular formula is C10H8F3N5O2. The summed E-state index contributed by atoms with van der Waals surface area (Å²) in [4.78, 5) is 17.1. The van der Waals surface area contributed by atoms with E-state index in [0.29, 0.717) is 0 Å². The van der Waals surface area contributed by atoms with Crippen molar-refractivity contribution in [1.82, 2.24) is 19.6 Å². The number of halogens is 3. The monoisotopic (exact) mass is 287 g/mol. The number of anilines is 1. The number of hydrogen-bond acceptors (Lipinski definition) is 5. The molecule has 0 aliphatic rings. The van der Waals surface area contributed by atoms with Crippen LogP contribution in [0.3, 0.4) is 0 Å². The predicted octanol–water partition coefficient (Wildman–Crippen LogP) is 1.28. The summed E-state index contributed by atoms with van der Waals surface area (Å²) in [6.45, 7) is 0. The molecule has 0 fully saturated rings. The second-order valence-electron chi connectivity index (χ2n) is 3.63. The van der Waals surface area contributed by atoms with Gasteiger partial charge in [0, 0.05) is 18.7 Å². The molecule has 20 heavy (non-hydrogen) atoms. The Morgan fingerprint density at radius 3 is 2.70 bits per heavy atom. The van der Waals surface area contributed by atoms with Gasteiger partial charge < -0.3 is 10.4 Å². The van der Waals surface area contributed by atoms with Gasteiger partial charge in [-0.25, -0.2) is 9.78 Å². The molecule has 2 N–H and O–H groups in total. The first-order chi connectivity index (χ1) is 9.32. The van der Waals surface area contributed by atoms with E-state index in [4.69, 9.17) is 5.11 Å². The number of aromatic nitrogens is 4. The second-order valence-corrected chi connectivity index (χ2v) is 3.63. The predicted molar refractivity (Wildman–Crippen MR) is 62.0 cm³/mol. The van der Waals surface area contributed by atoms with Crippen LogP contribution in [-0.4, -0.2) is 37.7 Å². The molecule has 0 spiro atoms. The van der Waals surface area contributed by atoms with E-state index in [0.717, 1.165) is 16.7 Å². The summed E-state index contributed by atoms with van der Waals surface area (Å²) in [6, 6.07) is 0. The molecule has 10 heteroatoms. The molecule has 7 nitrogen and oxygen atoms in total. The third kappa shape index (κ3) is 2.53. The number of rotatable bonds is 3. The molecule has 0 unspecified atom stereocenters. The lowest BCUT2D eigenvalue weighted by Gasteiger charge is -2.08. The average molecular weight is 287 g/mol. The van der Waals surface area contributed by atoms with Crippen LogP contribution in [0.1, 0.15) is 11.4 Å². The Hall–Kier alpha value is -2.65. The SMILES string of the molecule is CNc1nc(C(F)(F)F)nc2c(/C=C/C(=O)O)cnn12. The first-order valence-electron chi connectivity index (χ1n) is 5.24. The van der Waals surface area contributed by atoms with Gasteiger partial charge in [0.15, 0.2) is 5.65 Å². The first-order valence-corrected chi connectivity index (χ1v) is 5.24. The summed E-state index contributed by atoms with van der Waals surface area (Å²) < 4.78 is 39.1. The third-order valence-electron chi connectivity index (χ3n) is 2.28. The van der Waals surface area contributed by atoms with Gasteiger partial charge in [-0.2, -0.15) is 27.8 Å². The van der Waals surface area contributed by atoms with Crippen LogP contribution in [0, 0.1) is 0 Å². The van der Waals surface area contributed by atoms with Crippen molar-refractivity contribution in [3.63, 3.8) is 0 Å². The molecule has 0 saturated heterocycles. The third-order valence-corrected chi connectivity index (χ3v) is 2.28. The van der Waals surface area contributed by atoms with Crippen molar-refractivity contribution in [2.24, 2.45) is 0 Å². The molecule has 0 radical (unpaired) electrons. The van der Waals surface area contributed by atoms with E-state index >= 15 is 0 Å². The molecule has 0 amide bonds. The Bertz CT molecular complexity index is 692. The molecule has 0 aromatic carbocycles. The van der Waals surface area contributed by atoms with Gasteiger partial charge in [-0.1, -0.05) is 0 Å². The maximum atomic E-state index is 12.7. The average Bonchev–Trinajstić information content (AvgIpc) is 2.77. The number of nitrogens with one attached hydrogen (secondary N) is 1. The van der Waals surface area contributed by atoms with Crippen molar-refractivity contribution in [3.05, 3.63) is 23.7 Å². The molecule has 2 aromatic rings. The number of aliphatic carboxylic acids is 1. The van der Waals surface area contributed by atoms with Crippen LogP contribution in [0.25, 0.3) is 11.7 Å². The van der Waals surface area contributed by atoms with E-state index in [1.165, 1.54) is 13.2 Å². The Kier molecular flexibility index (Phi) is 3.30. The largest absolute Gasteiger partial charge is 0.478 e. The lowest BCUT2D eigenvalue weighted by molar-refractivity contribution is -0.144. The summed E-state index contributed by atoms with van der Waals surface area (Å²) in [5.41, 5.74) is -0.00836. The van der Waals surface area contributed by atoms with Gasteiger partial charge in [0.05, 0.1) is 6.20 Å². The van der Waals surface area contributed by atoms with E-state index in [2.05, 4.69) is 20.4 Å². The Balaban J connectivity index is 2.66. The summed E-state index contributed by atoms with van der Waals surface area (Å²) in [5, 5.41) is 14.8. The molecular weight excluding hydrogens is 279 g/mol. The Morgan fingerprint density at radius 1 is 1.45 bits per heavy atom. The Labute approximate surface area is 109 Å². The first kappa shape index (κ1) is 13.8. The van der Waals surface area contributed by atoms with Crippen LogP contribution in [-0.2, 0) is 11.0 Å². The lowest BCUT2D eigenvalue weighted by Crippen LogP contribution is -2.15. The molecule has 0 atom stereocenters. The molecule has 106 valence electrons. The summed E-state index contributed by atoms with van der Waals surface area (Å²) >= 11 is 0. The van der Waals surface area contributed by atoms with Crippen LogP contribution >= 0.6 is 0 Å². The normalized spacial score (nSPS) is 12.2. The highest BCUT2D eigenvalue weighted by molar-refractivity contribution is 5.86. The van der Waals surface area contributed by atoms with Gasteiger partial charge >= 0.3 is 12.1 Å². The topological polar surface area (TPSA) is 92.4 Å². The quantitative estimate of drug-likeness (QED) is 0.826. The number of carbonyl (C=O) groups is 1. The van der Waals surface area contributed by atoms with Gasteiger partial charge in [-0.15, -0.1) is 0 Å². The van der Waals surface area contributed by atoms with E-state index in [-0.39, 0.29) is 17.2 Å². The van der Waals surface area contributed by atoms with Gasteiger partial charge in [0.2, 0.25) is 11.8 Å². The molecule has 2 aromatic heterocycles.